The number of carboxylic acids is 1. The summed E-state index contributed by atoms with van der Waals surface area (Å²) in [6.07, 6.45) is 2.86. The molecule has 2 N–H and O–H groups in total. The monoisotopic (exact) mass is 251 g/mol. The van der Waals surface area contributed by atoms with Crippen molar-refractivity contribution in [1.29, 1.82) is 0 Å². The summed E-state index contributed by atoms with van der Waals surface area (Å²) >= 11 is 0. The van der Waals surface area contributed by atoms with Crippen molar-refractivity contribution in [2.24, 2.45) is 5.92 Å². The highest BCUT2D eigenvalue weighted by Crippen LogP contribution is 2.24. The van der Waals surface area contributed by atoms with Gasteiger partial charge in [-0.1, -0.05) is 6.42 Å². The minimum Gasteiger partial charge on any atom is -0.481 e. The van der Waals surface area contributed by atoms with Crippen LogP contribution in [0.15, 0.2) is 16.5 Å². The Labute approximate surface area is 105 Å². The van der Waals surface area contributed by atoms with E-state index in [0.29, 0.717) is 18.6 Å². The summed E-state index contributed by atoms with van der Waals surface area (Å²) in [5, 5.41) is 11.8. The summed E-state index contributed by atoms with van der Waals surface area (Å²) < 4.78 is 5.23. The molecule has 5 heteroatoms. The van der Waals surface area contributed by atoms with Gasteiger partial charge in [0, 0.05) is 6.04 Å². The molecule has 0 aromatic carbocycles. The molecule has 2 unspecified atom stereocenters. The third-order valence-corrected chi connectivity index (χ3v) is 3.32. The van der Waals surface area contributed by atoms with Crippen LogP contribution in [0.2, 0.25) is 0 Å². The smallest absolute Gasteiger partial charge is 0.306 e. The topological polar surface area (TPSA) is 79.5 Å². The van der Waals surface area contributed by atoms with Crippen molar-refractivity contribution in [2.75, 3.05) is 0 Å². The lowest BCUT2D eigenvalue weighted by Crippen LogP contribution is -2.39. The number of nitrogens with one attached hydrogen (secondary N) is 1. The lowest BCUT2D eigenvalue weighted by atomic mass is 9.86. The fourth-order valence-corrected chi connectivity index (χ4v) is 2.36. The van der Waals surface area contributed by atoms with Crippen LogP contribution in [0.25, 0.3) is 0 Å². The van der Waals surface area contributed by atoms with E-state index < -0.39 is 5.97 Å². The van der Waals surface area contributed by atoms with Gasteiger partial charge in [0.2, 0.25) is 0 Å². The maximum absolute atomic E-state index is 11.9. The number of carbonyl (C=O) groups excluding carboxylic acids is 1. The quantitative estimate of drug-likeness (QED) is 0.860. The molecule has 0 aliphatic heterocycles. The zero-order valence-electron chi connectivity index (χ0n) is 10.3. The number of carbonyl (C=O) groups is 2. The first-order valence-corrected chi connectivity index (χ1v) is 6.16. The van der Waals surface area contributed by atoms with Gasteiger partial charge >= 0.3 is 5.97 Å². The minimum absolute atomic E-state index is 0.0715. The van der Waals surface area contributed by atoms with Crippen LogP contribution in [0.1, 0.15) is 42.0 Å². The van der Waals surface area contributed by atoms with Crippen molar-refractivity contribution < 1.29 is 19.1 Å². The van der Waals surface area contributed by atoms with Crippen molar-refractivity contribution in [3.8, 4) is 0 Å². The number of rotatable bonds is 3. The Bertz CT molecular complexity index is 452. The van der Waals surface area contributed by atoms with Crippen LogP contribution >= 0.6 is 0 Å². The highest BCUT2D eigenvalue weighted by molar-refractivity contribution is 5.91. The zero-order valence-corrected chi connectivity index (χ0v) is 10.3. The van der Waals surface area contributed by atoms with Gasteiger partial charge < -0.3 is 14.8 Å². The standard InChI is InChI=1S/C13H17NO4/c1-8-5-6-11(18-8)12(15)14-10-4-2-3-9(7-10)13(16)17/h5-6,9-10H,2-4,7H2,1H3,(H,14,15)(H,16,17). The molecule has 1 fully saturated rings. The molecule has 1 saturated carbocycles. The van der Waals surface area contributed by atoms with Gasteiger partial charge in [0.25, 0.3) is 5.91 Å². The Morgan fingerprint density at radius 2 is 2.17 bits per heavy atom. The van der Waals surface area contributed by atoms with Crippen LogP contribution in [-0.4, -0.2) is 23.0 Å². The second kappa shape index (κ2) is 5.25. The molecule has 2 atom stereocenters. The first-order chi connectivity index (χ1) is 8.56. The molecule has 2 rings (SSSR count). The van der Waals surface area contributed by atoms with Gasteiger partial charge in [-0.25, -0.2) is 0 Å². The van der Waals surface area contributed by atoms with Crippen LogP contribution in [-0.2, 0) is 4.79 Å². The van der Waals surface area contributed by atoms with Crippen molar-refractivity contribution >= 4 is 11.9 Å². The predicted octanol–water partition coefficient (Wildman–Crippen LogP) is 1.96. The molecule has 0 radical (unpaired) electrons. The van der Waals surface area contributed by atoms with E-state index in [4.69, 9.17) is 9.52 Å². The molecule has 18 heavy (non-hydrogen) atoms. The van der Waals surface area contributed by atoms with E-state index in [-0.39, 0.29) is 23.6 Å². The number of aliphatic carboxylic acids is 1. The highest BCUT2D eigenvalue weighted by atomic mass is 16.4. The Balaban J connectivity index is 1.93. The van der Waals surface area contributed by atoms with Crippen LogP contribution in [0, 0.1) is 12.8 Å². The predicted molar refractivity (Wildman–Crippen MR) is 64.3 cm³/mol. The second-order valence-corrected chi connectivity index (χ2v) is 4.78. The summed E-state index contributed by atoms with van der Waals surface area (Å²) in [6, 6.07) is 3.29. The molecule has 0 saturated heterocycles. The lowest BCUT2D eigenvalue weighted by molar-refractivity contribution is -0.143. The SMILES string of the molecule is Cc1ccc(C(=O)NC2CCCC(C(=O)O)C2)o1. The molecular formula is C13H17NO4. The Kier molecular flexibility index (Phi) is 3.69. The summed E-state index contributed by atoms with van der Waals surface area (Å²) in [5.41, 5.74) is 0. The molecule has 1 aliphatic rings. The number of furan rings is 1. The van der Waals surface area contributed by atoms with Crippen molar-refractivity contribution in [2.45, 2.75) is 38.6 Å². The van der Waals surface area contributed by atoms with Crippen LogP contribution in [0.4, 0.5) is 0 Å². The molecule has 1 heterocycles. The Hall–Kier alpha value is -1.78. The van der Waals surface area contributed by atoms with E-state index in [1.807, 2.05) is 0 Å². The third kappa shape index (κ3) is 2.91. The van der Waals surface area contributed by atoms with Gasteiger partial charge in [-0.05, 0) is 38.3 Å². The van der Waals surface area contributed by atoms with Gasteiger partial charge in [0.05, 0.1) is 5.92 Å². The third-order valence-electron chi connectivity index (χ3n) is 3.32. The minimum atomic E-state index is -0.775. The largest absolute Gasteiger partial charge is 0.481 e. The van der Waals surface area contributed by atoms with Crippen molar-refractivity contribution in [1.82, 2.24) is 5.32 Å². The Morgan fingerprint density at radius 3 is 2.78 bits per heavy atom. The first kappa shape index (κ1) is 12.7. The average molecular weight is 251 g/mol. The van der Waals surface area contributed by atoms with Crippen molar-refractivity contribution in [3.63, 3.8) is 0 Å². The second-order valence-electron chi connectivity index (χ2n) is 4.78. The van der Waals surface area contributed by atoms with E-state index in [1.54, 1.807) is 19.1 Å². The van der Waals surface area contributed by atoms with E-state index in [2.05, 4.69) is 5.32 Å². The van der Waals surface area contributed by atoms with Gasteiger partial charge in [-0.3, -0.25) is 9.59 Å². The maximum atomic E-state index is 11.9. The Morgan fingerprint density at radius 1 is 1.39 bits per heavy atom. The summed E-state index contributed by atoms with van der Waals surface area (Å²) in [7, 11) is 0. The van der Waals surface area contributed by atoms with Crippen LogP contribution in [0.3, 0.4) is 0 Å². The molecule has 0 spiro atoms. The van der Waals surface area contributed by atoms with Crippen LogP contribution in [0.5, 0.6) is 0 Å². The summed E-state index contributed by atoms with van der Waals surface area (Å²) in [4.78, 5) is 22.8. The fourth-order valence-electron chi connectivity index (χ4n) is 2.36. The maximum Gasteiger partial charge on any atom is 0.306 e. The molecule has 1 amide bonds. The summed E-state index contributed by atoms with van der Waals surface area (Å²) in [6.45, 7) is 1.78. The van der Waals surface area contributed by atoms with E-state index in [0.717, 1.165) is 12.8 Å². The fraction of sp³-hybridized carbons (Fsp3) is 0.538. The van der Waals surface area contributed by atoms with Crippen molar-refractivity contribution in [3.05, 3.63) is 23.7 Å². The molecular weight excluding hydrogens is 234 g/mol. The van der Waals surface area contributed by atoms with Gasteiger partial charge in [0.1, 0.15) is 5.76 Å². The van der Waals surface area contributed by atoms with E-state index in [9.17, 15) is 9.59 Å². The van der Waals surface area contributed by atoms with Gasteiger partial charge in [-0.2, -0.15) is 0 Å². The number of hydrogen-bond donors (Lipinski definition) is 2. The first-order valence-electron chi connectivity index (χ1n) is 6.16. The highest BCUT2D eigenvalue weighted by Gasteiger charge is 2.28. The van der Waals surface area contributed by atoms with E-state index in [1.165, 1.54) is 0 Å². The molecule has 1 aromatic heterocycles. The molecule has 98 valence electrons. The number of carboxylic acid groups (broad SMARTS) is 1. The lowest BCUT2D eigenvalue weighted by Gasteiger charge is -2.26. The van der Waals surface area contributed by atoms with Gasteiger partial charge in [0.15, 0.2) is 5.76 Å². The molecule has 0 bridgehead atoms. The van der Waals surface area contributed by atoms with Crippen LogP contribution < -0.4 is 5.32 Å². The molecule has 1 aromatic rings. The number of amides is 1. The van der Waals surface area contributed by atoms with Gasteiger partial charge in [-0.15, -0.1) is 0 Å². The molecule has 1 aliphatic carbocycles. The summed E-state index contributed by atoms with van der Waals surface area (Å²) in [5.74, 6) is -0.415. The number of hydrogen-bond acceptors (Lipinski definition) is 3. The average Bonchev–Trinajstić information content (AvgIpc) is 2.76. The number of aryl methyl sites for hydroxylation is 1. The van der Waals surface area contributed by atoms with E-state index >= 15 is 0 Å². The zero-order chi connectivity index (χ0) is 13.1. The normalized spacial score (nSPS) is 23.6. The molecule has 5 nitrogen and oxygen atoms in total.